The van der Waals surface area contributed by atoms with Crippen molar-refractivity contribution in [3.05, 3.63) is 93.8 Å². The van der Waals surface area contributed by atoms with Gasteiger partial charge in [0.2, 0.25) is 5.91 Å². The molecular weight excluding hydrogens is 410 g/mol. The van der Waals surface area contributed by atoms with E-state index in [4.69, 9.17) is 4.74 Å². The Kier molecular flexibility index (Phi) is 6.23. The fraction of sp³-hybridized carbons (Fsp3) is 0.208. The number of benzene rings is 2. The molecule has 2 aromatic carbocycles. The van der Waals surface area contributed by atoms with E-state index in [1.54, 1.807) is 6.08 Å². The van der Waals surface area contributed by atoms with Crippen molar-refractivity contribution in [1.29, 1.82) is 0 Å². The zero-order valence-corrected chi connectivity index (χ0v) is 18.0. The molecular formula is C24H23N3O3S. The van der Waals surface area contributed by atoms with E-state index in [2.05, 4.69) is 46.1 Å². The number of carbonyl (C=O) groups is 1. The van der Waals surface area contributed by atoms with Gasteiger partial charge in [-0.05, 0) is 18.6 Å². The van der Waals surface area contributed by atoms with E-state index in [1.165, 1.54) is 17.3 Å². The monoisotopic (exact) mass is 433 g/mol. The number of aromatic amines is 1. The van der Waals surface area contributed by atoms with Crippen LogP contribution in [0.15, 0.2) is 71.1 Å². The molecule has 1 aliphatic rings. The molecule has 158 valence electrons. The number of thioether (sulfide) groups is 1. The molecule has 1 amide bonds. The highest BCUT2D eigenvalue weighted by Gasteiger charge is 2.32. The highest BCUT2D eigenvalue weighted by molar-refractivity contribution is 7.98. The average molecular weight is 434 g/mol. The van der Waals surface area contributed by atoms with Crippen LogP contribution >= 0.6 is 11.8 Å². The lowest BCUT2D eigenvalue weighted by Crippen LogP contribution is -2.31. The molecule has 0 saturated heterocycles. The molecule has 0 saturated carbocycles. The summed E-state index contributed by atoms with van der Waals surface area (Å²) in [5.74, 6) is 0.999. The maximum atomic E-state index is 13.0. The molecule has 0 aliphatic carbocycles. The van der Waals surface area contributed by atoms with Gasteiger partial charge in [0.05, 0.1) is 5.56 Å². The minimum absolute atomic E-state index is 0.155. The van der Waals surface area contributed by atoms with Crippen molar-refractivity contribution in [2.75, 3.05) is 11.9 Å². The van der Waals surface area contributed by atoms with Crippen molar-refractivity contribution in [3.8, 4) is 5.75 Å². The minimum atomic E-state index is -0.433. The van der Waals surface area contributed by atoms with Crippen molar-refractivity contribution in [1.82, 2.24) is 9.97 Å². The number of anilines is 1. The second-order valence-corrected chi connectivity index (χ2v) is 8.31. The van der Waals surface area contributed by atoms with Crippen LogP contribution in [0.3, 0.4) is 0 Å². The van der Waals surface area contributed by atoms with E-state index in [-0.39, 0.29) is 17.9 Å². The molecule has 0 spiro atoms. The lowest BCUT2D eigenvalue weighted by molar-refractivity contribution is -0.116. The van der Waals surface area contributed by atoms with Crippen molar-refractivity contribution in [3.63, 3.8) is 0 Å². The van der Waals surface area contributed by atoms with Crippen molar-refractivity contribution in [2.24, 2.45) is 0 Å². The lowest BCUT2D eigenvalue weighted by Gasteiger charge is -2.26. The summed E-state index contributed by atoms with van der Waals surface area (Å²) in [6, 6.07) is 15.6. The Bertz CT molecular complexity index is 1170. The third-order valence-electron chi connectivity index (χ3n) is 5.08. The van der Waals surface area contributed by atoms with Crippen LogP contribution in [-0.2, 0) is 10.5 Å². The summed E-state index contributed by atoms with van der Waals surface area (Å²) in [6.07, 6.45) is 1.81. The molecule has 1 atom stereocenters. The third-order valence-corrected chi connectivity index (χ3v) is 6.02. The number of H-pyrrole nitrogens is 1. The molecule has 0 bridgehead atoms. The number of nitrogens with zero attached hydrogens (tertiary/aromatic N) is 1. The van der Waals surface area contributed by atoms with Gasteiger partial charge in [-0.2, -0.15) is 0 Å². The van der Waals surface area contributed by atoms with E-state index in [9.17, 15) is 9.59 Å². The molecule has 3 aromatic rings. The lowest BCUT2D eigenvalue weighted by atomic mass is 9.86. The topological polar surface area (TPSA) is 84.1 Å². The van der Waals surface area contributed by atoms with Crippen LogP contribution in [0.4, 0.5) is 5.82 Å². The number of aryl methyl sites for hydroxylation is 1. The van der Waals surface area contributed by atoms with Gasteiger partial charge in [0, 0.05) is 23.7 Å². The highest BCUT2D eigenvalue weighted by atomic mass is 32.2. The van der Waals surface area contributed by atoms with Crippen LogP contribution in [0.5, 0.6) is 5.75 Å². The molecule has 4 rings (SSSR count). The predicted molar refractivity (Wildman–Crippen MR) is 123 cm³/mol. The molecule has 0 radical (unpaired) electrons. The predicted octanol–water partition coefficient (Wildman–Crippen LogP) is 4.41. The summed E-state index contributed by atoms with van der Waals surface area (Å²) in [7, 11) is 0. The molecule has 0 fully saturated rings. The number of rotatable bonds is 7. The van der Waals surface area contributed by atoms with E-state index in [0.717, 1.165) is 11.1 Å². The number of ether oxygens (including phenoxy) is 1. The number of amides is 1. The summed E-state index contributed by atoms with van der Waals surface area (Å²) in [5, 5.41) is 3.24. The molecule has 2 heterocycles. The zero-order chi connectivity index (χ0) is 21.8. The van der Waals surface area contributed by atoms with Crippen LogP contribution < -0.4 is 15.6 Å². The molecule has 6 nitrogen and oxygen atoms in total. The van der Waals surface area contributed by atoms with Gasteiger partial charge in [-0.15, -0.1) is 0 Å². The van der Waals surface area contributed by atoms with Gasteiger partial charge in [0.15, 0.2) is 5.16 Å². The van der Waals surface area contributed by atoms with Crippen molar-refractivity contribution >= 4 is 23.5 Å². The molecule has 1 aliphatic heterocycles. The van der Waals surface area contributed by atoms with E-state index < -0.39 is 5.92 Å². The number of hydrogen-bond donors (Lipinski definition) is 2. The highest BCUT2D eigenvalue weighted by Crippen LogP contribution is 2.38. The Morgan fingerprint density at radius 1 is 1.19 bits per heavy atom. The number of nitrogens with one attached hydrogen (secondary N) is 2. The quantitative estimate of drug-likeness (QED) is 0.328. The van der Waals surface area contributed by atoms with Crippen LogP contribution in [0, 0.1) is 6.92 Å². The van der Waals surface area contributed by atoms with Gasteiger partial charge < -0.3 is 15.0 Å². The van der Waals surface area contributed by atoms with Crippen LogP contribution in [0.1, 0.15) is 34.6 Å². The second kappa shape index (κ2) is 9.22. The fourth-order valence-corrected chi connectivity index (χ4v) is 4.39. The van der Waals surface area contributed by atoms with E-state index >= 15 is 0 Å². The Balaban J connectivity index is 1.65. The largest absolute Gasteiger partial charge is 0.489 e. The molecule has 7 heteroatoms. The molecule has 0 unspecified atom stereocenters. The third kappa shape index (κ3) is 4.72. The van der Waals surface area contributed by atoms with Gasteiger partial charge in [0.25, 0.3) is 5.56 Å². The number of fused-ring (bicyclic) bond motifs is 1. The molecule has 2 N–H and O–H groups in total. The fourth-order valence-electron chi connectivity index (χ4n) is 3.57. The summed E-state index contributed by atoms with van der Waals surface area (Å²) >= 11 is 1.43. The van der Waals surface area contributed by atoms with E-state index in [1.807, 2.05) is 31.2 Å². The summed E-state index contributed by atoms with van der Waals surface area (Å²) in [5.41, 5.74) is 3.31. The van der Waals surface area contributed by atoms with Crippen LogP contribution in [0.2, 0.25) is 0 Å². The SMILES string of the molecule is C=CCOc1ccccc1[C@H]1CC(=O)Nc2nc(SCc3ccc(C)cc3)[nH]c(=O)c21. The number of aromatic nitrogens is 2. The normalized spacial score (nSPS) is 15.1. The Labute approximate surface area is 184 Å². The van der Waals surface area contributed by atoms with Gasteiger partial charge in [-0.3, -0.25) is 9.59 Å². The summed E-state index contributed by atoms with van der Waals surface area (Å²) in [6.45, 7) is 6.06. The van der Waals surface area contributed by atoms with Gasteiger partial charge in [-0.1, -0.05) is 72.4 Å². The Hall–Kier alpha value is -3.32. The first-order valence-corrected chi connectivity index (χ1v) is 11.0. The average Bonchev–Trinajstić information content (AvgIpc) is 2.76. The Morgan fingerprint density at radius 2 is 1.97 bits per heavy atom. The second-order valence-electron chi connectivity index (χ2n) is 7.35. The molecule has 31 heavy (non-hydrogen) atoms. The summed E-state index contributed by atoms with van der Waals surface area (Å²) < 4.78 is 5.76. The number of carbonyl (C=O) groups excluding carboxylic acids is 1. The van der Waals surface area contributed by atoms with Crippen LogP contribution in [-0.4, -0.2) is 22.5 Å². The van der Waals surface area contributed by atoms with Gasteiger partial charge in [-0.25, -0.2) is 4.98 Å². The van der Waals surface area contributed by atoms with E-state index in [0.29, 0.717) is 34.6 Å². The number of hydrogen-bond acceptors (Lipinski definition) is 5. The van der Waals surface area contributed by atoms with Crippen molar-refractivity contribution in [2.45, 2.75) is 30.2 Å². The van der Waals surface area contributed by atoms with Crippen LogP contribution in [0.25, 0.3) is 0 Å². The minimum Gasteiger partial charge on any atom is -0.489 e. The number of para-hydroxylation sites is 1. The maximum absolute atomic E-state index is 13.0. The first kappa shape index (κ1) is 20.9. The first-order chi connectivity index (χ1) is 15.0. The first-order valence-electron chi connectivity index (χ1n) is 10.00. The van der Waals surface area contributed by atoms with Gasteiger partial charge >= 0.3 is 0 Å². The Morgan fingerprint density at radius 3 is 2.74 bits per heavy atom. The maximum Gasteiger partial charge on any atom is 0.257 e. The van der Waals surface area contributed by atoms with Crippen molar-refractivity contribution < 1.29 is 9.53 Å². The standard InChI is InChI=1S/C24H23N3O3S/c1-3-12-30-19-7-5-4-6-17(19)18-13-20(28)25-22-21(18)23(29)27-24(26-22)31-14-16-10-8-15(2)9-11-16/h3-11,18H,1,12-14H2,2H3,(H2,25,26,27,28,29)/t18-/m1/s1. The molecule has 1 aromatic heterocycles. The zero-order valence-electron chi connectivity index (χ0n) is 17.2. The van der Waals surface area contributed by atoms with Gasteiger partial charge in [0.1, 0.15) is 18.2 Å². The smallest absolute Gasteiger partial charge is 0.257 e. The summed E-state index contributed by atoms with van der Waals surface area (Å²) in [4.78, 5) is 32.9.